The predicted molar refractivity (Wildman–Crippen MR) is 108 cm³/mol. The van der Waals surface area contributed by atoms with E-state index in [1.165, 1.54) is 12.0 Å². The van der Waals surface area contributed by atoms with Crippen molar-refractivity contribution in [2.75, 3.05) is 41.1 Å². The summed E-state index contributed by atoms with van der Waals surface area (Å²) in [5.74, 6) is 1.67. The Hall–Kier alpha value is -3.42. The monoisotopic (exact) mass is 415 g/mol. The molecule has 2 aromatic rings. The minimum Gasteiger partial charge on any atom is -0.493 e. The van der Waals surface area contributed by atoms with E-state index >= 15 is 0 Å². The molecule has 0 aromatic heterocycles. The fourth-order valence-electron chi connectivity index (χ4n) is 3.01. The predicted octanol–water partition coefficient (Wildman–Crippen LogP) is 2.22. The standard InChI is InChI=1S/C22H25NO7/c1-23(13-16-5-7-18-20(11-16)29-9-8-28-18)21(24)14-30-22(25)12-15-4-6-17(26-2)19(10-15)27-3/h4-7,10-11H,8-9,12-14H2,1-3H3. The molecule has 0 bridgehead atoms. The lowest BCUT2D eigenvalue weighted by molar-refractivity contribution is -0.151. The molecule has 0 fully saturated rings. The molecular weight excluding hydrogens is 390 g/mol. The molecule has 8 heteroatoms. The maximum atomic E-state index is 12.3. The fourth-order valence-corrected chi connectivity index (χ4v) is 3.01. The summed E-state index contributed by atoms with van der Waals surface area (Å²) in [6.45, 7) is 1.07. The molecule has 1 heterocycles. The highest BCUT2D eigenvalue weighted by molar-refractivity contribution is 5.81. The Morgan fingerprint density at radius 1 is 0.933 bits per heavy atom. The van der Waals surface area contributed by atoms with E-state index in [9.17, 15) is 9.59 Å². The van der Waals surface area contributed by atoms with E-state index in [1.54, 1.807) is 32.4 Å². The van der Waals surface area contributed by atoms with E-state index in [4.69, 9.17) is 23.7 Å². The molecule has 0 unspecified atom stereocenters. The van der Waals surface area contributed by atoms with E-state index in [0.29, 0.717) is 48.3 Å². The van der Waals surface area contributed by atoms with Crippen molar-refractivity contribution in [3.8, 4) is 23.0 Å². The molecule has 2 aromatic carbocycles. The van der Waals surface area contributed by atoms with Gasteiger partial charge in [0.05, 0.1) is 20.6 Å². The third-order valence-corrected chi connectivity index (χ3v) is 4.61. The summed E-state index contributed by atoms with van der Waals surface area (Å²) in [7, 11) is 4.72. The number of nitrogens with zero attached hydrogens (tertiary/aromatic N) is 1. The number of carbonyl (C=O) groups is 2. The van der Waals surface area contributed by atoms with E-state index < -0.39 is 5.97 Å². The molecule has 0 saturated carbocycles. The Morgan fingerprint density at radius 2 is 1.63 bits per heavy atom. The van der Waals surface area contributed by atoms with Crippen LogP contribution in [0.3, 0.4) is 0 Å². The van der Waals surface area contributed by atoms with Crippen molar-refractivity contribution in [1.29, 1.82) is 0 Å². The van der Waals surface area contributed by atoms with Gasteiger partial charge in [-0.1, -0.05) is 12.1 Å². The van der Waals surface area contributed by atoms with Gasteiger partial charge in [-0.2, -0.15) is 0 Å². The summed E-state index contributed by atoms with van der Waals surface area (Å²) in [6.07, 6.45) is 0.0273. The number of benzene rings is 2. The van der Waals surface area contributed by atoms with Crippen LogP contribution in [0.25, 0.3) is 0 Å². The number of amides is 1. The molecule has 30 heavy (non-hydrogen) atoms. The van der Waals surface area contributed by atoms with Crippen LogP contribution in [0.4, 0.5) is 0 Å². The lowest BCUT2D eigenvalue weighted by atomic mass is 10.1. The number of carbonyl (C=O) groups excluding carboxylic acids is 2. The topological polar surface area (TPSA) is 83.5 Å². The summed E-state index contributed by atoms with van der Waals surface area (Å²) in [6, 6.07) is 10.7. The van der Waals surface area contributed by atoms with Gasteiger partial charge >= 0.3 is 5.97 Å². The van der Waals surface area contributed by atoms with Crippen molar-refractivity contribution in [2.24, 2.45) is 0 Å². The molecule has 0 N–H and O–H groups in total. The maximum absolute atomic E-state index is 12.3. The Morgan fingerprint density at radius 3 is 2.37 bits per heavy atom. The molecule has 1 amide bonds. The number of esters is 1. The molecular formula is C22H25NO7. The zero-order valence-corrected chi connectivity index (χ0v) is 17.3. The second-order valence-corrected chi connectivity index (χ2v) is 6.75. The highest BCUT2D eigenvalue weighted by Crippen LogP contribution is 2.31. The van der Waals surface area contributed by atoms with Gasteiger partial charge < -0.3 is 28.6 Å². The number of methoxy groups -OCH3 is 2. The first kappa shape index (κ1) is 21.3. The van der Waals surface area contributed by atoms with Crippen LogP contribution >= 0.6 is 0 Å². The average Bonchev–Trinajstić information content (AvgIpc) is 2.77. The smallest absolute Gasteiger partial charge is 0.310 e. The van der Waals surface area contributed by atoms with Crippen molar-refractivity contribution in [1.82, 2.24) is 4.90 Å². The maximum Gasteiger partial charge on any atom is 0.310 e. The van der Waals surface area contributed by atoms with Crippen LogP contribution < -0.4 is 18.9 Å². The summed E-state index contributed by atoms with van der Waals surface area (Å²) in [4.78, 5) is 25.9. The largest absolute Gasteiger partial charge is 0.493 e. The number of likely N-dealkylation sites (N-methyl/N-ethyl adjacent to an activating group) is 1. The second kappa shape index (κ2) is 9.87. The lowest BCUT2D eigenvalue weighted by Gasteiger charge is -2.21. The number of ether oxygens (including phenoxy) is 5. The third kappa shape index (κ3) is 5.34. The highest BCUT2D eigenvalue weighted by Gasteiger charge is 2.16. The molecule has 0 atom stereocenters. The minimum absolute atomic E-state index is 0.0273. The SMILES string of the molecule is COc1ccc(CC(=O)OCC(=O)N(C)Cc2ccc3c(c2)OCCO3)cc1OC. The second-order valence-electron chi connectivity index (χ2n) is 6.75. The molecule has 1 aliphatic rings. The first-order chi connectivity index (χ1) is 14.5. The quantitative estimate of drug-likeness (QED) is 0.612. The third-order valence-electron chi connectivity index (χ3n) is 4.61. The van der Waals surface area contributed by atoms with Crippen LogP contribution in [0, 0.1) is 0 Å². The first-order valence-corrected chi connectivity index (χ1v) is 9.49. The summed E-state index contributed by atoms with van der Waals surface area (Å²) in [5, 5.41) is 0. The van der Waals surface area contributed by atoms with Gasteiger partial charge in [0, 0.05) is 13.6 Å². The molecule has 8 nitrogen and oxygen atoms in total. The Labute approximate surface area is 175 Å². The van der Waals surface area contributed by atoms with Gasteiger partial charge in [-0.25, -0.2) is 0 Å². The number of hydrogen-bond acceptors (Lipinski definition) is 7. The van der Waals surface area contributed by atoms with Crippen molar-refractivity contribution in [2.45, 2.75) is 13.0 Å². The minimum atomic E-state index is -0.497. The normalized spacial score (nSPS) is 12.1. The van der Waals surface area contributed by atoms with Crippen LogP contribution in [0.5, 0.6) is 23.0 Å². The first-order valence-electron chi connectivity index (χ1n) is 9.49. The Balaban J connectivity index is 1.49. The van der Waals surface area contributed by atoms with Crippen LogP contribution in [-0.4, -0.2) is 57.9 Å². The van der Waals surface area contributed by atoms with Crippen LogP contribution in [-0.2, 0) is 27.3 Å². The molecule has 0 saturated heterocycles. The average molecular weight is 415 g/mol. The number of rotatable bonds is 8. The van der Waals surface area contributed by atoms with Gasteiger partial charge in [0.15, 0.2) is 29.6 Å². The van der Waals surface area contributed by atoms with E-state index in [0.717, 1.165) is 5.56 Å². The Kier molecular flexibility index (Phi) is 7.00. The van der Waals surface area contributed by atoms with Crippen LogP contribution in [0.2, 0.25) is 0 Å². The molecule has 0 aliphatic carbocycles. The van der Waals surface area contributed by atoms with E-state index in [1.807, 2.05) is 18.2 Å². The zero-order chi connectivity index (χ0) is 21.5. The van der Waals surface area contributed by atoms with Gasteiger partial charge in [-0.3, -0.25) is 9.59 Å². The zero-order valence-electron chi connectivity index (χ0n) is 17.3. The van der Waals surface area contributed by atoms with E-state index in [2.05, 4.69) is 0 Å². The van der Waals surface area contributed by atoms with Crippen molar-refractivity contribution >= 4 is 11.9 Å². The molecule has 0 radical (unpaired) electrons. The highest BCUT2D eigenvalue weighted by atomic mass is 16.6. The van der Waals surface area contributed by atoms with Crippen molar-refractivity contribution < 1.29 is 33.3 Å². The molecule has 160 valence electrons. The van der Waals surface area contributed by atoms with Crippen molar-refractivity contribution in [3.63, 3.8) is 0 Å². The van der Waals surface area contributed by atoms with Gasteiger partial charge in [0.1, 0.15) is 13.2 Å². The van der Waals surface area contributed by atoms with Crippen molar-refractivity contribution in [3.05, 3.63) is 47.5 Å². The summed E-state index contributed by atoms with van der Waals surface area (Å²) >= 11 is 0. The summed E-state index contributed by atoms with van der Waals surface area (Å²) < 4.78 is 26.6. The molecule has 3 rings (SSSR count). The number of hydrogen-bond donors (Lipinski definition) is 0. The molecule has 1 aliphatic heterocycles. The summed E-state index contributed by atoms with van der Waals surface area (Å²) in [5.41, 5.74) is 1.60. The Bertz CT molecular complexity index is 912. The fraction of sp³-hybridized carbons (Fsp3) is 0.364. The number of fused-ring (bicyclic) bond motifs is 1. The van der Waals surface area contributed by atoms with Crippen LogP contribution in [0.1, 0.15) is 11.1 Å². The van der Waals surface area contributed by atoms with Gasteiger partial charge in [0.25, 0.3) is 5.91 Å². The molecule has 0 spiro atoms. The van der Waals surface area contributed by atoms with Crippen LogP contribution in [0.15, 0.2) is 36.4 Å². The lowest BCUT2D eigenvalue weighted by Crippen LogP contribution is -2.31. The van der Waals surface area contributed by atoms with Gasteiger partial charge in [0.2, 0.25) is 0 Å². The van der Waals surface area contributed by atoms with E-state index in [-0.39, 0.29) is 18.9 Å². The van der Waals surface area contributed by atoms with Gasteiger partial charge in [-0.05, 0) is 35.4 Å². The van der Waals surface area contributed by atoms with Gasteiger partial charge in [-0.15, -0.1) is 0 Å².